The maximum atomic E-state index is 11.7. The van der Waals surface area contributed by atoms with Crippen LogP contribution in [0.4, 0.5) is 5.95 Å². The molecule has 2 rings (SSSR count). The lowest BCUT2D eigenvalue weighted by Crippen LogP contribution is -2.23. The summed E-state index contributed by atoms with van der Waals surface area (Å²) in [6, 6.07) is 0. The van der Waals surface area contributed by atoms with Crippen LogP contribution in [0.5, 0.6) is 0 Å². The van der Waals surface area contributed by atoms with Crippen molar-refractivity contribution in [3.8, 4) is 0 Å². The van der Waals surface area contributed by atoms with Crippen LogP contribution >= 0.6 is 11.8 Å². The number of nitrogens with zero attached hydrogens (tertiary/aromatic N) is 5. The van der Waals surface area contributed by atoms with Crippen LogP contribution < -0.4 is 10.2 Å². The van der Waals surface area contributed by atoms with E-state index in [0.29, 0.717) is 12.5 Å². The highest BCUT2D eigenvalue weighted by Crippen LogP contribution is 2.08. The number of amides is 1. The molecule has 9 heteroatoms. The first kappa shape index (κ1) is 16.0. The number of carbonyl (C=O) groups is 1. The largest absolute Gasteiger partial charge is 0.352 e. The molecule has 0 radical (unpaired) electrons. The smallest absolute Gasteiger partial charge is 0.244 e. The number of carbonyl (C=O) groups excluding carboxylic acids is 1. The van der Waals surface area contributed by atoms with Gasteiger partial charge in [0, 0.05) is 50.4 Å². The maximum Gasteiger partial charge on any atom is 0.244 e. The Morgan fingerprint density at radius 2 is 2.14 bits per heavy atom. The van der Waals surface area contributed by atoms with Gasteiger partial charge in [-0.15, -0.1) is 0 Å². The molecule has 0 saturated carbocycles. The van der Waals surface area contributed by atoms with E-state index < -0.39 is 0 Å². The number of aromatic amines is 1. The maximum absolute atomic E-state index is 11.7. The summed E-state index contributed by atoms with van der Waals surface area (Å²) in [6.07, 6.45) is 7.94. The van der Waals surface area contributed by atoms with E-state index in [0.717, 1.165) is 16.5 Å². The molecule has 0 bridgehead atoms. The van der Waals surface area contributed by atoms with Gasteiger partial charge in [-0.3, -0.25) is 9.89 Å². The fraction of sp³-hybridized carbons (Fsp3) is 0.308. The summed E-state index contributed by atoms with van der Waals surface area (Å²) in [5, 5.41) is 10.0. The molecule has 2 aromatic rings. The molecule has 0 saturated heterocycles. The standard InChI is InChI=1S/C13H17N7OS/c1-20(2)12-15-7-10(8-16-12)3-4-11(21)14-5-6-22-13-17-9-18-19-13/h3-4,7-9H,5-6H2,1-2H3,(H,14,21)(H,17,18,19). The monoisotopic (exact) mass is 319 g/mol. The first-order valence-electron chi connectivity index (χ1n) is 6.58. The molecule has 116 valence electrons. The molecule has 2 aromatic heterocycles. The van der Waals surface area contributed by atoms with Gasteiger partial charge in [-0.05, 0) is 6.08 Å². The Hall–Kier alpha value is -2.42. The van der Waals surface area contributed by atoms with Gasteiger partial charge in [0.2, 0.25) is 11.9 Å². The van der Waals surface area contributed by atoms with Gasteiger partial charge in [0.1, 0.15) is 6.33 Å². The van der Waals surface area contributed by atoms with Crippen LogP contribution in [0, 0.1) is 0 Å². The summed E-state index contributed by atoms with van der Waals surface area (Å²) in [4.78, 5) is 25.8. The Morgan fingerprint density at radius 3 is 2.77 bits per heavy atom. The van der Waals surface area contributed by atoms with Gasteiger partial charge >= 0.3 is 0 Å². The summed E-state index contributed by atoms with van der Waals surface area (Å²) >= 11 is 1.50. The second-order valence-electron chi connectivity index (χ2n) is 4.47. The topological polar surface area (TPSA) is 99.7 Å². The number of H-pyrrole nitrogens is 1. The minimum Gasteiger partial charge on any atom is -0.352 e. The number of hydrogen-bond acceptors (Lipinski definition) is 7. The van der Waals surface area contributed by atoms with E-state index in [1.165, 1.54) is 24.2 Å². The Kier molecular flexibility index (Phi) is 5.90. The molecule has 1 amide bonds. The van der Waals surface area contributed by atoms with Gasteiger partial charge in [-0.25, -0.2) is 15.0 Å². The lowest BCUT2D eigenvalue weighted by Gasteiger charge is -2.08. The van der Waals surface area contributed by atoms with Crippen molar-refractivity contribution in [3.63, 3.8) is 0 Å². The molecule has 0 fully saturated rings. The van der Waals surface area contributed by atoms with Crippen molar-refractivity contribution in [1.29, 1.82) is 0 Å². The molecule has 0 unspecified atom stereocenters. The molecule has 2 heterocycles. The van der Waals surface area contributed by atoms with Crippen molar-refractivity contribution in [1.82, 2.24) is 30.5 Å². The molecule has 0 aliphatic heterocycles. The lowest BCUT2D eigenvalue weighted by atomic mass is 10.3. The predicted molar refractivity (Wildman–Crippen MR) is 85.5 cm³/mol. The Labute approximate surface area is 132 Å². The first-order chi connectivity index (χ1) is 10.6. The van der Waals surface area contributed by atoms with Crippen molar-refractivity contribution in [3.05, 3.63) is 30.4 Å². The molecule has 0 atom stereocenters. The molecule has 0 aliphatic rings. The average Bonchev–Trinajstić information content (AvgIpc) is 3.03. The number of nitrogens with one attached hydrogen (secondary N) is 2. The van der Waals surface area contributed by atoms with Crippen LogP contribution in [0.25, 0.3) is 6.08 Å². The second-order valence-corrected chi connectivity index (χ2v) is 5.56. The zero-order valence-electron chi connectivity index (χ0n) is 12.4. The lowest BCUT2D eigenvalue weighted by molar-refractivity contribution is -0.116. The normalized spacial score (nSPS) is 10.8. The predicted octanol–water partition coefficient (Wildman–Crippen LogP) is 0.582. The van der Waals surface area contributed by atoms with Crippen LogP contribution in [-0.2, 0) is 4.79 Å². The number of thioether (sulfide) groups is 1. The van der Waals surface area contributed by atoms with Crippen molar-refractivity contribution in [2.75, 3.05) is 31.3 Å². The minimum absolute atomic E-state index is 0.158. The zero-order chi connectivity index (χ0) is 15.8. The zero-order valence-corrected chi connectivity index (χ0v) is 13.2. The van der Waals surface area contributed by atoms with E-state index >= 15 is 0 Å². The number of hydrogen-bond donors (Lipinski definition) is 2. The van der Waals surface area contributed by atoms with Gasteiger partial charge in [-0.2, -0.15) is 5.10 Å². The van der Waals surface area contributed by atoms with E-state index in [1.807, 2.05) is 19.0 Å². The molecule has 0 aliphatic carbocycles. The quantitative estimate of drug-likeness (QED) is 0.437. The average molecular weight is 319 g/mol. The molecule has 2 N–H and O–H groups in total. The van der Waals surface area contributed by atoms with Gasteiger partial charge < -0.3 is 10.2 Å². The van der Waals surface area contributed by atoms with E-state index in [-0.39, 0.29) is 5.91 Å². The van der Waals surface area contributed by atoms with E-state index in [4.69, 9.17) is 0 Å². The van der Waals surface area contributed by atoms with Crippen molar-refractivity contribution >= 4 is 29.7 Å². The third-order valence-electron chi connectivity index (χ3n) is 2.52. The molecule has 22 heavy (non-hydrogen) atoms. The Balaban J connectivity index is 1.71. The summed E-state index contributed by atoms with van der Waals surface area (Å²) in [5.41, 5.74) is 0.775. The fourth-order valence-electron chi connectivity index (χ4n) is 1.46. The van der Waals surface area contributed by atoms with Crippen LogP contribution in [0.3, 0.4) is 0 Å². The van der Waals surface area contributed by atoms with Gasteiger partial charge in [-0.1, -0.05) is 11.8 Å². The molecule has 0 aromatic carbocycles. The number of aromatic nitrogens is 5. The molecular formula is C13H17N7OS. The van der Waals surface area contributed by atoms with Crippen LogP contribution in [0.1, 0.15) is 5.56 Å². The van der Waals surface area contributed by atoms with Gasteiger partial charge in [0.25, 0.3) is 0 Å². The second kappa shape index (κ2) is 8.13. The van der Waals surface area contributed by atoms with Crippen molar-refractivity contribution in [2.45, 2.75) is 5.16 Å². The summed E-state index contributed by atoms with van der Waals surface area (Å²) in [5.74, 6) is 1.19. The van der Waals surface area contributed by atoms with Crippen LogP contribution in [0.15, 0.2) is 30.0 Å². The van der Waals surface area contributed by atoms with E-state index in [9.17, 15) is 4.79 Å². The highest BCUT2D eigenvalue weighted by atomic mass is 32.2. The van der Waals surface area contributed by atoms with Gasteiger partial charge in [0.05, 0.1) is 0 Å². The van der Waals surface area contributed by atoms with Gasteiger partial charge in [0.15, 0.2) is 5.16 Å². The van der Waals surface area contributed by atoms with Crippen LogP contribution in [-0.4, -0.2) is 57.4 Å². The van der Waals surface area contributed by atoms with E-state index in [2.05, 4.69) is 30.5 Å². The summed E-state index contributed by atoms with van der Waals surface area (Å²) in [6.45, 7) is 0.546. The van der Waals surface area contributed by atoms with Crippen LogP contribution in [0.2, 0.25) is 0 Å². The third-order valence-corrected chi connectivity index (χ3v) is 3.40. The van der Waals surface area contributed by atoms with E-state index in [1.54, 1.807) is 18.5 Å². The molecule has 0 spiro atoms. The highest BCUT2D eigenvalue weighted by molar-refractivity contribution is 7.99. The Bertz CT molecular complexity index is 610. The first-order valence-corrected chi connectivity index (χ1v) is 7.57. The van der Waals surface area contributed by atoms with Crippen molar-refractivity contribution in [2.24, 2.45) is 0 Å². The summed E-state index contributed by atoms with van der Waals surface area (Å²) < 4.78 is 0. The number of rotatable bonds is 7. The van der Waals surface area contributed by atoms with Crippen molar-refractivity contribution < 1.29 is 4.79 Å². The summed E-state index contributed by atoms with van der Waals surface area (Å²) in [7, 11) is 3.74. The Morgan fingerprint density at radius 1 is 1.36 bits per heavy atom. The minimum atomic E-state index is -0.158. The molecule has 8 nitrogen and oxygen atoms in total. The third kappa shape index (κ3) is 5.17. The molecular weight excluding hydrogens is 302 g/mol. The SMILES string of the molecule is CN(C)c1ncc(C=CC(=O)NCCSc2ncn[nH]2)cn1. The fourth-order valence-corrected chi connectivity index (χ4v) is 2.10. The number of anilines is 1. The highest BCUT2D eigenvalue weighted by Gasteiger charge is 2.00.